The first-order chi connectivity index (χ1) is 7.62. The van der Waals surface area contributed by atoms with E-state index >= 15 is 0 Å². The zero-order valence-corrected chi connectivity index (χ0v) is 8.79. The lowest BCUT2D eigenvalue weighted by Gasteiger charge is -2.34. The van der Waals surface area contributed by atoms with E-state index in [4.69, 9.17) is 5.26 Å². The van der Waals surface area contributed by atoms with E-state index in [-0.39, 0.29) is 13.0 Å². The molecule has 0 aromatic heterocycles. The van der Waals surface area contributed by atoms with Crippen LogP contribution in [0.1, 0.15) is 18.4 Å². The van der Waals surface area contributed by atoms with Crippen LogP contribution in [-0.4, -0.2) is 19.0 Å². The molecule has 2 nitrogen and oxygen atoms in total. The molecule has 1 aliphatic rings. The summed E-state index contributed by atoms with van der Waals surface area (Å²) in [4.78, 5) is 1.60. The largest absolute Gasteiger partial charge is 0.364 e. The number of rotatable bonds is 1. The predicted octanol–water partition coefficient (Wildman–Crippen LogP) is 2.79. The summed E-state index contributed by atoms with van der Waals surface area (Å²) in [6, 6.07) is 8.92. The highest BCUT2D eigenvalue weighted by molar-refractivity contribution is 5.59. The Morgan fingerprint density at radius 1 is 1.31 bits per heavy atom. The van der Waals surface area contributed by atoms with E-state index in [0.717, 1.165) is 0 Å². The molecule has 84 valence electrons. The van der Waals surface area contributed by atoms with Crippen LogP contribution in [0.4, 0.5) is 14.5 Å². The smallest absolute Gasteiger partial charge is 0.265 e. The third-order valence-corrected chi connectivity index (χ3v) is 2.76. The van der Waals surface area contributed by atoms with Crippen molar-refractivity contribution in [2.45, 2.75) is 18.8 Å². The first kappa shape index (κ1) is 10.9. The van der Waals surface area contributed by atoms with Gasteiger partial charge in [0.25, 0.3) is 5.92 Å². The van der Waals surface area contributed by atoms with Crippen LogP contribution in [0, 0.1) is 11.3 Å². The highest BCUT2D eigenvalue weighted by Crippen LogP contribution is 2.31. The van der Waals surface area contributed by atoms with Crippen molar-refractivity contribution in [3.8, 4) is 6.07 Å². The lowest BCUT2D eigenvalue weighted by molar-refractivity contribution is -0.0116. The van der Waals surface area contributed by atoms with E-state index in [1.165, 1.54) is 0 Å². The Hall–Kier alpha value is -1.63. The molecule has 1 aromatic rings. The Morgan fingerprint density at radius 3 is 2.75 bits per heavy atom. The number of halogens is 2. The fourth-order valence-electron chi connectivity index (χ4n) is 2.02. The van der Waals surface area contributed by atoms with E-state index in [2.05, 4.69) is 0 Å². The molecule has 1 aromatic carbocycles. The van der Waals surface area contributed by atoms with Crippen LogP contribution in [0.15, 0.2) is 24.3 Å². The standard InChI is InChI=1S/C12H12F2N2/c13-12(14)6-3-7-16(9-12)11-5-2-1-4-10(11)8-15/h1-2,4-5H,3,6-7,9H2. The summed E-state index contributed by atoms with van der Waals surface area (Å²) in [6.07, 6.45) is 0.408. The van der Waals surface area contributed by atoms with E-state index in [0.29, 0.717) is 24.2 Å². The second-order valence-corrected chi connectivity index (χ2v) is 4.01. The minimum atomic E-state index is -2.64. The molecule has 16 heavy (non-hydrogen) atoms. The number of benzene rings is 1. The Balaban J connectivity index is 2.27. The van der Waals surface area contributed by atoms with Gasteiger partial charge in [0.15, 0.2) is 0 Å². The van der Waals surface area contributed by atoms with Crippen molar-refractivity contribution in [3.63, 3.8) is 0 Å². The van der Waals surface area contributed by atoms with Crippen molar-refractivity contribution >= 4 is 5.69 Å². The van der Waals surface area contributed by atoms with Gasteiger partial charge in [0.2, 0.25) is 0 Å². The molecule has 0 amide bonds. The second kappa shape index (κ2) is 4.09. The quantitative estimate of drug-likeness (QED) is 0.730. The summed E-state index contributed by atoms with van der Waals surface area (Å²) < 4.78 is 26.5. The van der Waals surface area contributed by atoms with Gasteiger partial charge in [0, 0.05) is 13.0 Å². The highest BCUT2D eigenvalue weighted by atomic mass is 19.3. The second-order valence-electron chi connectivity index (χ2n) is 4.01. The van der Waals surface area contributed by atoms with Gasteiger partial charge in [0.05, 0.1) is 17.8 Å². The van der Waals surface area contributed by atoms with Gasteiger partial charge in [-0.3, -0.25) is 0 Å². The summed E-state index contributed by atoms with van der Waals surface area (Å²) in [5.74, 6) is -2.64. The van der Waals surface area contributed by atoms with Crippen LogP contribution >= 0.6 is 0 Å². The Kier molecular flexibility index (Phi) is 2.78. The number of alkyl halides is 2. The summed E-state index contributed by atoms with van der Waals surface area (Å²) >= 11 is 0. The van der Waals surface area contributed by atoms with Crippen molar-refractivity contribution in [2.75, 3.05) is 18.0 Å². The number of hydrogen-bond donors (Lipinski definition) is 0. The van der Waals surface area contributed by atoms with Gasteiger partial charge in [-0.05, 0) is 18.6 Å². The fraction of sp³-hybridized carbons (Fsp3) is 0.417. The van der Waals surface area contributed by atoms with Crippen molar-refractivity contribution in [2.24, 2.45) is 0 Å². The Labute approximate surface area is 93.1 Å². The Morgan fingerprint density at radius 2 is 2.06 bits per heavy atom. The third kappa shape index (κ3) is 2.13. The average molecular weight is 222 g/mol. The zero-order valence-electron chi connectivity index (χ0n) is 8.79. The lowest BCUT2D eigenvalue weighted by Crippen LogP contribution is -2.42. The molecule has 0 spiro atoms. The minimum absolute atomic E-state index is 0.0573. The van der Waals surface area contributed by atoms with Crippen LogP contribution in [0.3, 0.4) is 0 Å². The minimum Gasteiger partial charge on any atom is -0.364 e. The predicted molar refractivity (Wildman–Crippen MR) is 57.6 cm³/mol. The van der Waals surface area contributed by atoms with E-state index in [1.807, 2.05) is 6.07 Å². The zero-order chi connectivity index (χ0) is 11.6. The summed E-state index contributed by atoms with van der Waals surface area (Å²) in [5, 5.41) is 8.92. The van der Waals surface area contributed by atoms with Crippen LogP contribution in [0.25, 0.3) is 0 Å². The normalized spacial score (nSPS) is 19.2. The molecule has 0 atom stereocenters. The number of hydrogen-bond acceptors (Lipinski definition) is 2. The van der Waals surface area contributed by atoms with Crippen LogP contribution in [-0.2, 0) is 0 Å². The van der Waals surface area contributed by atoms with Gasteiger partial charge in [-0.15, -0.1) is 0 Å². The molecule has 1 aliphatic heterocycles. The molecule has 0 radical (unpaired) electrons. The maximum atomic E-state index is 13.3. The molecule has 0 bridgehead atoms. The Bertz CT molecular complexity index is 423. The van der Waals surface area contributed by atoms with Gasteiger partial charge in [0.1, 0.15) is 6.07 Å². The molecule has 2 rings (SSSR count). The average Bonchev–Trinajstić information content (AvgIpc) is 2.27. The maximum Gasteiger partial charge on any atom is 0.265 e. The van der Waals surface area contributed by atoms with Crippen molar-refractivity contribution in [1.29, 1.82) is 5.26 Å². The molecule has 4 heteroatoms. The summed E-state index contributed by atoms with van der Waals surface area (Å²) in [6.45, 7) is 0.306. The molecule has 1 fully saturated rings. The van der Waals surface area contributed by atoms with Gasteiger partial charge >= 0.3 is 0 Å². The number of piperidine rings is 1. The lowest BCUT2D eigenvalue weighted by atomic mass is 10.0. The topological polar surface area (TPSA) is 27.0 Å². The van der Waals surface area contributed by atoms with Crippen LogP contribution < -0.4 is 4.90 Å². The van der Waals surface area contributed by atoms with E-state index < -0.39 is 5.92 Å². The number of para-hydroxylation sites is 1. The van der Waals surface area contributed by atoms with Gasteiger partial charge in [-0.2, -0.15) is 5.26 Å². The first-order valence-corrected chi connectivity index (χ1v) is 5.24. The molecule has 0 N–H and O–H groups in total. The number of nitriles is 1. The SMILES string of the molecule is N#Cc1ccccc1N1CCCC(F)(F)C1. The number of nitrogens with zero attached hydrogens (tertiary/aromatic N) is 2. The maximum absolute atomic E-state index is 13.3. The van der Waals surface area contributed by atoms with Crippen molar-refractivity contribution in [1.82, 2.24) is 0 Å². The van der Waals surface area contributed by atoms with Gasteiger partial charge in [-0.25, -0.2) is 8.78 Å². The van der Waals surface area contributed by atoms with Crippen LogP contribution in [0.5, 0.6) is 0 Å². The molecule has 0 saturated carbocycles. The molecular weight excluding hydrogens is 210 g/mol. The van der Waals surface area contributed by atoms with E-state index in [9.17, 15) is 8.78 Å². The summed E-state index contributed by atoms with van der Waals surface area (Å²) in [5.41, 5.74) is 1.07. The monoisotopic (exact) mass is 222 g/mol. The summed E-state index contributed by atoms with van der Waals surface area (Å²) in [7, 11) is 0. The fourth-order valence-corrected chi connectivity index (χ4v) is 2.02. The van der Waals surface area contributed by atoms with Gasteiger partial charge < -0.3 is 4.90 Å². The highest BCUT2D eigenvalue weighted by Gasteiger charge is 2.35. The van der Waals surface area contributed by atoms with Crippen molar-refractivity contribution in [3.05, 3.63) is 29.8 Å². The number of anilines is 1. The molecular formula is C12H12F2N2. The third-order valence-electron chi connectivity index (χ3n) is 2.76. The molecule has 1 heterocycles. The first-order valence-electron chi connectivity index (χ1n) is 5.24. The molecule has 0 aliphatic carbocycles. The molecule has 0 unspecified atom stereocenters. The molecule has 1 saturated heterocycles. The van der Waals surface area contributed by atoms with Crippen LogP contribution in [0.2, 0.25) is 0 Å². The van der Waals surface area contributed by atoms with Gasteiger partial charge in [-0.1, -0.05) is 12.1 Å². The van der Waals surface area contributed by atoms with E-state index in [1.54, 1.807) is 29.2 Å². The van der Waals surface area contributed by atoms with Crippen molar-refractivity contribution < 1.29 is 8.78 Å².